The lowest BCUT2D eigenvalue weighted by Gasteiger charge is -2.35. The number of hydrogen-bond donors (Lipinski definition) is 0. The third-order valence-corrected chi connectivity index (χ3v) is 4.01. The maximum atomic E-state index is 12.4. The molecular formula is C15H22N2O2. The van der Waals surface area contributed by atoms with Crippen molar-refractivity contribution in [2.75, 3.05) is 26.2 Å². The van der Waals surface area contributed by atoms with E-state index in [0.29, 0.717) is 19.6 Å². The van der Waals surface area contributed by atoms with E-state index in [1.54, 1.807) is 4.90 Å². The van der Waals surface area contributed by atoms with Crippen LogP contribution in [0.4, 0.5) is 0 Å². The van der Waals surface area contributed by atoms with Gasteiger partial charge >= 0.3 is 0 Å². The second-order valence-electron chi connectivity index (χ2n) is 5.42. The van der Waals surface area contributed by atoms with E-state index in [2.05, 4.69) is 13.2 Å². The summed E-state index contributed by atoms with van der Waals surface area (Å²) in [7, 11) is 0. The fourth-order valence-corrected chi connectivity index (χ4v) is 2.87. The first kappa shape index (κ1) is 13.8. The van der Waals surface area contributed by atoms with Gasteiger partial charge in [-0.2, -0.15) is 0 Å². The van der Waals surface area contributed by atoms with E-state index in [9.17, 15) is 9.59 Å². The predicted molar refractivity (Wildman–Crippen MR) is 74.5 cm³/mol. The molecule has 2 heterocycles. The van der Waals surface area contributed by atoms with E-state index >= 15 is 0 Å². The SMILES string of the molecule is C=CC(=O)N1CCC(C(=O)N2CCCC(=C)C2)CC1. The van der Waals surface area contributed by atoms with E-state index in [0.717, 1.165) is 37.8 Å². The van der Waals surface area contributed by atoms with Gasteiger partial charge in [-0.25, -0.2) is 0 Å². The average Bonchev–Trinajstić information content (AvgIpc) is 2.46. The summed E-state index contributed by atoms with van der Waals surface area (Å²) in [6.45, 7) is 10.4. The molecule has 2 amide bonds. The number of amides is 2. The van der Waals surface area contributed by atoms with Crippen molar-refractivity contribution in [3.8, 4) is 0 Å². The second kappa shape index (κ2) is 6.04. The Balaban J connectivity index is 1.87. The molecule has 2 aliphatic rings. The summed E-state index contributed by atoms with van der Waals surface area (Å²) in [4.78, 5) is 27.6. The molecule has 2 saturated heterocycles. The maximum Gasteiger partial charge on any atom is 0.245 e. The Morgan fingerprint density at radius 1 is 1.16 bits per heavy atom. The molecule has 2 aliphatic heterocycles. The highest BCUT2D eigenvalue weighted by atomic mass is 16.2. The van der Waals surface area contributed by atoms with Crippen LogP contribution in [0.15, 0.2) is 24.8 Å². The molecule has 0 aromatic carbocycles. The fourth-order valence-electron chi connectivity index (χ4n) is 2.87. The van der Waals surface area contributed by atoms with Gasteiger partial charge in [0.1, 0.15) is 0 Å². The molecule has 4 heteroatoms. The van der Waals surface area contributed by atoms with Gasteiger partial charge in [0, 0.05) is 32.1 Å². The van der Waals surface area contributed by atoms with Crippen LogP contribution >= 0.6 is 0 Å². The number of carbonyl (C=O) groups excluding carboxylic acids is 2. The predicted octanol–water partition coefficient (Wildman–Crippen LogP) is 1.59. The van der Waals surface area contributed by atoms with Crippen LogP contribution in [-0.2, 0) is 9.59 Å². The van der Waals surface area contributed by atoms with E-state index in [-0.39, 0.29) is 17.7 Å². The molecule has 0 aliphatic carbocycles. The van der Waals surface area contributed by atoms with Crippen molar-refractivity contribution in [1.82, 2.24) is 9.80 Å². The highest BCUT2D eigenvalue weighted by Gasteiger charge is 2.30. The molecule has 0 radical (unpaired) electrons. The fraction of sp³-hybridized carbons (Fsp3) is 0.600. The van der Waals surface area contributed by atoms with Gasteiger partial charge in [-0.1, -0.05) is 18.7 Å². The minimum absolute atomic E-state index is 0.0303. The number of hydrogen-bond acceptors (Lipinski definition) is 2. The Kier molecular flexibility index (Phi) is 4.40. The van der Waals surface area contributed by atoms with Crippen LogP contribution in [0.5, 0.6) is 0 Å². The van der Waals surface area contributed by atoms with Gasteiger partial charge in [0.15, 0.2) is 0 Å². The zero-order chi connectivity index (χ0) is 13.8. The van der Waals surface area contributed by atoms with Crippen molar-refractivity contribution in [2.45, 2.75) is 25.7 Å². The topological polar surface area (TPSA) is 40.6 Å². The molecule has 0 spiro atoms. The van der Waals surface area contributed by atoms with Gasteiger partial charge in [0.2, 0.25) is 11.8 Å². The number of carbonyl (C=O) groups is 2. The van der Waals surface area contributed by atoms with Crippen molar-refractivity contribution in [2.24, 2.45) is 5.92 Å². The lowest BCUT2D eigenvalue weighted by molar-refractivity contribution is -0.139. The quantitative estimate of drug-likeness (QED) is 0.560. The van der Waals surface area contributed by atoms with Crippen LogP contribution in [0.1, 0.15) is 25.7 Å². The Morgan fingerprint density at radius 2 is 1.84 bits per heavy atom. The Bertz CT molecular complexity index is 395. The molecule has 0 N–H and O–H groups in total. The number of rotatable bonds is 2. The minimum atomic E-state index is -0.0303. The molecule has 0 saturated carbocycles. The summed E-state index contributed by atoms with van der Waals surface area (Å²) in [5.74, 6) is 0.281. The maximum absolute atomic E-state index is 12.4. The van der Waals surface area contributed by atoms with Crippen molar-refractivity contribution < 1.29 is 9.59 Å². The standard InChI is InChI=1S/C15H22N2O2/c1-3-14(18)16-9-6-13(7-10-16)15(19)17-8-4-5-12(2)11-17/h3,13H,1-2,4-11H2. The first-order chi connectivity index (χ1) is 9.11. The van der Waals surface area contributed by atoms with E-state index in [1.165, 1.54) is 6.08 Å². The summed E-state index contributed by atoms with van der Waals surface area (Å²) in [6.07, 6.45) is 4.94. The highest BCUT2D eigenvalue weighted by Crippen LogP contribution is 2.23. The van der Waals surface area contributed by atoms with E-state index < -0.39 is 0 Å². The van der Waals surface area contributed by atoms with Gasteiger partial charge in [-0.3, -0.25) is 9.59 Å². The summed E-state index contributed by atoms with van der Waals surface area (Å²) >= 11 is 0. The monoisotopic (exact) mass is 262 g/mol. The normalized spacial score (nSPS) is 21.4. The van der Waals surface area contributed by atoms with Crippen molar-refractivity contribution in [3.05, 3.63) is 24.8 Å². The Morgan fingerprint density at radius 3 is 2.42 bits per heavy atom. The molecule has 0 aromatic rings. The van der Waals surface area contributed by atoms with Crippen LogP contribution in [-0.4, -0.2) is 47.8 Å². The van der Waals surface area contributed by atoms with Crippen molar-refractivity contribution in [1.29, 1.82) is 0 Å². The van der Waals surface area contributed by atoms with Crippen LogP contribution in [0.2, 0.25) is 0 Å². The first-order valence-electron chi connectivity index (χ1n) is 6.98. The van der Waals surface area contributed by atoms with Gasteiger partial charge in [0.05, 0.1) is 0 Å². The Hall–Kier alpha value is -1.58. The molecular weight excluding hydrogens is 240 g/mol. The smallest absolute Gasteiger partial charge is 0.245 e. The van der Waals surface area contributed by atoms with Crippen LogP contribution in [0.3, 0.4) is 0 Å². The average molecular weight is 262 g/mol. The third-order valence-electron chi connectivity index (χ3n) is 4.01. The van der Waals surface area contributed by atoms with Crippen LogP contribution < -0.4 is 0 Å². The summed E-state index contributed by atoms with van der Waals surface area (Å²) in [5, 5.41) is 0. The van der Waals surface area contributed by atoms with Gasteiger partial charge in [-0.05, 0) is 31.8 Å². The Labute approximate surface area is 114 Å². The molecule has 0 atom stereocenters. The molecule has 4 nitrogen and oxygen atoms in total. The molecule has 19 heavy (non-hydrogen) atoms. The summed E-state index contributed by atoms with van der Waals surface area (Å²) in [6, 6.07) is 0. The zero-order valence-electron chi connectivity index (χ0n) is 11.4. The number of nitrogens with zero attached hydrogens (tertiary/aromatic N) is 2. The van der Waals surface area contributed by atoms with E-state index in [1.807, 2.05) is 4.90 Å². The summed E-state index contributed by atoms with van der Waals surface area (Å²) < 4.78 is 0. The number of likely N-dealkylation sites (tertiary alicyclic amines) is 2. The molecule has 0 unspecified atom stereocenters. The first-order valence-corrected chi connectivity index (χ1v) is 6.98. The van der Waals surface area contributed by atoms with Crippen molar-refractivity contribution >= 4 is 11.8 Å². The van der Waals surface area contributed by atoms with Gasteiger partial charge in [-0.15, -0.1) is 0 Å². The molecule has 104 valence electrons. The third kappa shape index (κ3) is 3.25. The lowest BCUT2D eigenvalue weighted by Crippen LogP contribution is -2.45. The van der Waals surface area contributed by atoms with Crippen LogP contribution in [0, 0.1) is 5.92 Å². The highest BCUT2D eigenvalue weighted by molar-refractivity contribution is 5.87. The second-order valence-corrected chi connectivity index (χ2v) is 5.42. The minimum Gasteiger partial charge on any atom is -0.339 e. The van der Waals surface area contributed by atoms with Crippen molar-refractivity contribution in [3.63, 3.8) is 0 Å². The lowest BCUT2D eigenvalue weighted by atomic mass is 9.94. The van der Waals surface area contributed by atoms with E-state index in [4.69, 9.17) is 0 Å². The largest absolute Gasteiger partial charge is 0.339 e. The van der Waals surface area contributed by atoms with Gasteiger partial charge < -0.3 is 9.80 Å². The molecule has 2 fully saturated rings. The zero-order valence-corrected chi connectivity index (χ0v) is 11.4. The molecule has 0 aromatic heterocycles. The molecule has 2 rings (SSSR count). The van der Waals surface area contributed by atoms with Gasteiger partial charge in [0.25, 0.3) is 0 Å². The van der Waals surface area contributed by atoms with Crippen LogP contribution in [0.25, 0.3) is 0 Å². The summed E-state index contributed by atoms with van der Waals surface area (Å²) in [5.41, 5.74) is 1.15. The molecule has 0 bridgehead atoms. The number of piperidine rings is 2.